The lowest BCUT2D eigenvalue weighted by Crippen LogP contribution is -2.46. The maximum absolute atomic E-state index is 12.0. The van der Waals surface area contributed by atoms with E-state index < -0.39 is 6.10 Å². The Morgan fingerprint density at radius 2 is 1.86 bits per heavy atom. The maximum Gasteiger partial charge on any atom is 0.261 e. The van der Waals surface area contributed by atoms with Crippen molar-refractivity contribution in [2.45, 2.75) is 59.2 Å². The summed E-state index contributed by atoms with van der Waals surface area (Å²) in [7, 11) is 1.93. The van der Waals surface area contributed by atoms with E-state index in [2.05, 4.69) is 23.6 Å². The van der Waals surface area contributed by atoms with E-state index in [1.807, 2.05) is 46.9 Å². The third kappa shape index (κ3) is 5.38. The van der Waals surface area contributed by atoms with Crippen LogP contribution in [0.1, 0.15) is 51.8 Å². The standard InChI is InChI=1S/C17H28N2O2/c1-11-10-14(12(2)18-7)8-9-15(11)21-13(3)16(20)19-17(4,5)6/h8-10,12-13,18H,1-7H3,(H,19,20). The van der Waals surface area contributed by atoms with Crippen LogP contribution in [0, 0.1) is 6.92 Å². The van der Waals surface area contributed by atoms with Crippen molar-refractivity contribution in [3.63, 3.8) is 0 Å². The lowest BCUT2D eigenvalue weighted by Gasteiger charge is -2.24. The summed E-state index contributed by atoms with van der Waals surface area (Å²) in [6.45, 7) is 11.7. The van der Waals surface area contributed by atoms with Gasteiger partial charge in [0.1, 0.15) is 5.75 Å². The molecule has 0 aromatic heterocycles. The minimum Gasteiger partial charge on any atom is -0.481 e. The fraction of sp³-hybridized carbons (Fsp3) is 0.588. The number of rotatable bonds is 5. The predicted molar refractivity (Wildman–Crippen MR) is 86.6 cm³/mol. The van der Waals surface area contributed by atoms with E-state index in [1.165, 1.54) is 5.56 Å². The number of carbonyl (C=O) groups is 1. The highest BCUT2D eigenvalue weighted by molar-refractivity contribution is 5.81. The van der Waals surface area contributed by atoms with Gasteiger partial charge >= 0.3 is 0 Å². The summed E-state index contributed by atoms with van der Waals surface area (Å²) < 4.78 is 5.79. The molecule has 4 nitrogen and oxygen atoms in total. The van der Waals surface area contributed by atoms with Crippen LogP contribution in [0.5, 0.6) is 5.75 Å². The Morgan fingerprint density at radius 3 is 2.33 bits per heavy atom. The van der Waals surface area contributed by atoms with Crippen molar-refractivity contribution >= 4 is 5.91 Å². The van der Waals surface area contributed by atoms with Crippen LogP contribution in [0.2, 0.25) is 0 Å². The summed E-state index contributed by atoms with van der Waals surface area (Å²) >= 11 is 0. The number of hydrogen-bond acceptors (Lipinski definition) is 3. The Labute approximate surface area is 128 Å². The molecule has 0 aliphatic carbocycles. The average molecular weight is 292 g/mol. The molecule has 2 atom stereocenters. The van der Waals surface area contributed by atoms with E-state index in [1.54, 1.807) is 6.92 Å². The Balaban J connectivity index is 2.77. The number of ether oxygens (including phenoxy) is 1. The van der Waals surface area contributed by atoms with Crippen LogP contribution in [-0.2, 0) is 4.79 Å². The molecule has 0 heterocycles. The molecule has 0 bridgehead atoms. The smallest absolute Gasteiger partial charge is 0.261 e. The minimum atomic E-state index is -0.518. The van der Waals surface area contributed by atoms with Gasteiger partial charge in [-0.15, -0.1) is 0 Å². The molecule has 4 heteroatoms. The van der Waals surface area contributed by atoms with Gasteiger partial charge in [0.05, 0.1) is 0 Å². The second kappa shape index (κ2) is 6.94. The zero-order valence-electron chi connectivity index (χ0n) is 14.2. The van der Waals surface area contributed by atoms with Gasteiger partial charge < -0.3 is 15.4 Å². The Hall–Kier alpha value is -1.55. The summed E-state index contributed by atoms with van der Waals surface area (Å²) in [5.74, 6) is 0.646. The van der Waals surface area contributed by atoms with Gasteiger partial charge in [0, 0.05) is 11.6 Å². The first-order chi connectivity index (χ1) is 9.64. The number of benzene rings is 1. The SMILES string of the molecule is CNC(C)c1ccc(OC(C)C(=O)NC(C)(C)C)c(C)c1. The molecule has 1 aromatic carbocycles. The number of aryl methyl sites for hydroxylation is 1. The quantitative estimate of drug-likeness (QED) is 0.877. The lowest BCUT2D eigenvalue weighted by molar-refractivity contribution is -0.128. The normalized spacial score (nSPS) is 14.4. The lowest BCUT2D eigenvalue weighted by atomic mass is 10.1. The molecule has 0 saturated heterocycles. The van der Waals surface area contributed by atoms with Crippen molar-refractivity contribution in [3.8, 4) is 5.75 Å². The number of nitrogens with one attached hydrogen (secondary N) is 2. The Kier molecular flexibility index (Phi) is 5.78. The largest absolute Gasteiger partial charge is 0.481 e. The monoisotopic (exact) mass is 292 g/mol. The van der Waals surface area contributed by atoms with E-state index in [4.69, 9.17) is 4.74 Å². The molecule has 0 aliphatic rings. The second-order valence-corrected chi connectivity index (χ2v) is 6.53. The highest BCUT2D eigenvalue weighted by Gasteiger charge is 2.21. The fourth-order valence-corrected chi connectivity index (χ4v) is 1.96. The van der Waals surface area contributed by atoms with Crippen LogP contribution in [-0.4, -0.2) is 24.6 Å². The molecule has 0 spiro atoms. The summed E-state index contributed by atoms with van der Waals surface area (Å²) in [6.07, 6.45) is -0.518. The first-order valence-electron chi connectivity index (χ1n) is 7.40. The summed E-state index contributed by atoms with van der Waals surface area (Å²) in [5.41, 5.74) is 1.98. The topological polar surface area (TPSA) is 50.4 Å². The average Bonchev–Trinajstić information content (AvgIpc) is 2.38. The first kappa shape index (κ1) is 17.5. The third-order valence-corrected chi connectivity index (χ3v) is 3.30. The van der Waals surface area contributed by atoms with E-state index >= 15 is 0 Å². The van der Waals surface area contributed by atoms with E-state index in [-0.39, 0.29) is 11.4 Å². The highest BCUT2D eigenvalue weighted by Crippen LogP contribution is 2.23. The molecule has 0 radical (unpaired) electrons. The van der Waals surface area contributed by atoms with Crippen molar-refractivity contribution in [1.82, 2.24) is 10.6 Å². The third-order valence-electron chi connectivity index (χ3n) is 3.30. The van der Waals surface area contributed by atoms with Gasteiger partial charge in [-0.25, -0.2) is 0 Å². The molecule has 1 rings (SSSR count). The molecule has 21 heavy (non-hydrogen) atoms. The van der Waals surface area contributed by atoms with Gasteiger partial charge in [-0.05, 0) is 65.8 Å². The van der Waals surface area contributed by atoms with Crippen LogP contribution in [0.25, 0.3) is 0 Å². The number of carbonyl (C=O) groups excluding carboxylic acids is 1. The van der Waals surface area contributed by atoms with Crippen LogP contribution in [0.4, 0.5) is 0 Å². The Morgan fingerprint density at radius 1 is 1.24 bits per heavy atom. The summed E-state index contributed by atoms with van der Waals surface area (Å²) in [6, 6.07) is 6.33. The fourth-order valence-electron chi connectivity index (χ4n) is 1.96. The number of hydrogen-bond donors (Lipinski definition) is 2. The molecule has 0 saturated carbocycles. The van der Waals surface area contributed by atoms with Gasteiger partial charge in [-0.2, -0.15) is 0 Å². The zero-order chi connectivity index (χ0) is 16.2. The molecule has 1 amide bonds. The Bertz CT molecular complexity index is 492. The molecule has 0 aliphatic heterocycles. The van der Waals surface area contributed by atoms with E-state index in [0.29, 0.717) is 6.04 Å². The van der Waals surface area contributed by atoms with Gasteiger partial charge in [-0.1, -0.05) is 12.1 Å². The van der Waals surface area contributed by atoms with Crippen LogP contribution in [0.3, 0.4) is 0 Å². The minimum absolute atomic E-state index is 0.102. The van der Waals surface area contributed by atoms with Gasteiger partial charge in [0.15, 0.2) is 6.10 Å². The van der Waals surface area contributed by atoms with Gasteiger partial charge in [0.25, 0.3) is 5.91 Å². The molecule has 2 unspecified atom stereocenters. The van der Waals surface area contributed by atoms with Gasteiger partial charge in [-0.3, -0.25) is 4.79 Å². The molecule has 0 fully saturated rings. The molecular formula is C17H28N2O2. The summed E-state index contributed by atoms with van der Waals surface area (Å²) in [4.78, 5) is 12.0. The van der Waals surface area contributed by atoms with Crippen molar-refractivity contribution in [3.05, 3.63) is 29.3 Å². The highest BCUT2D eigenvalue weighted by atomic mass is 16.5. The van der Waals surface area contributed by atoms with Crippen molar-refractivity contribution in [1.29, 1.82) is 0 Å². The maximum atomic E-state index is 12.0. The van der Waals surface area contributed by atoms with Crippen molar-refractivity contribution in [2.75, 3.05) is 7.05 Å². The predicted octanol–water partition coefficient (Wildman–Crippen LogP) is 2.96. The number of amides is 1. The summed E-state index contributed by atoms with van der Waals surface area (Å²) in [5, 5.41) is 6.13. The van der Waals surface area contributed by atoms with E-state index in [0.717, 1.165) is 11.3 Å². The van der Waals surface area contributed by atoms with Crippen LogP contribution >= 0.6 is 0 Å². The molecular weight excluding hydrogens is 264 g/mol. The van der Waals surface area contributed by atoms with E-state index in [9.17, 15) is 4.79 Å². The molecule has 118 valence electrons. The second-order valence-electron chi connectivity index (χ2n) is 6.53. The van der Waals surface area contributed by atoms with Crippen LogP contribution < -0.4 is 15.4 Å². The molecule has 1 aromatic rings. The molecule has 2 N–H and O–H groups in total. The first-order valence-corrected chi connectivity index (χ1v) is 7.40. The zero-order valence-corrected chi connectivity index (χ0v) is 14.2. The van der Waals surface area contributed by atoms with Crippen molar-refractivity contribution in [2.24, 2.45) is 0 Å². The van der Waals surface area contributed by atoms with Gasteiger partial charge in [0.2, 0.25) is 0 Å². The van der Waals surface area contributed by atoms with Crippen molar-refractivity contribution < 1.29 is 9.53 Å². The van der Waals surface area contributed by atoms with Crippen LogP contribution in [0.15, 0.2) is 18.2 Å².